The Labute approximate surface area is 166 Å². The molecule has 0 spiro atoms. The van der Waals surface area contributed by atoms with Gasteiger partial charge in [-0.3, -0.25) is 9.69 Å². The summed E-state index contributed by atoms with van der Waals surface area (Å²) in [6.07, 6.45) is 7.28. The topological polar surface area (TPSA) is 73.4 Å². The van der Waals surface area contributed by atoms with E-state index in [1.807, 2.05) is 6.33 Å². The van der Waals surface area contributed by atoms with Gasteiger partial charge in [-0.25, -0.2) is 4.98 Å². The average molecular weight is 383 g/mol. The molecule has 2 atom stereocenters. The smallest absolute Gasteiger partial charge is 0.323 e. The maximum atomic E-state index is 12.9. The predicted molar refractivity (Wildman–Crippen MR) is 108 cm³/mol. The third kappa shape index (κ3) is 3.84. The van der Waals surface area contributed by atoms with Crippen molar-refractivity contribution >= 4 is 5.97 Å². The van der Waals surface area contributed by atoms with Crippen molar-refractivity contribution in [3.63, 3.8) is 0 Å². The number of carbonyl (C=O) groups is 1. The number of rotatable bonds is 7. The molecule has 6 heteroatoms. The van der Waals surface area contributed by atoms with Gasteiger partial charge in [0.05, 0.1) is 18.6 Å². The second kappa shape index (κ2) is 8.45. The third-order valence-electron chi connectivity index (χ3n) is 5.93. The third-order valence-corrected chi connectivity index (χ3v) is 5.93. The number of nitrogens with two attached hydrogens (primary N) is 1. The van der Waals surface area contributed by atoms with Crippen molar-refractivity contribution in [2.75, 3.05) is 19.7 Å². The molecule has 0 unspecified atom stereocenters. The second-order valence-electron chi connectivity index (χ2n) is 7.92. The number of nitrogens with zero attached hydrogens (tertiary/aromatic N) is 3. The lowest BCUT2D eigenvalue weighted by atomic mass is 9.98. The van der Waals surface area contributed by atoms with Crippen LogP contribution in [0.5, 0.6) is 0 Å². The first kappa shape index (κ1) is 19.2. The molecule has 3 heterocycles. The molecule has 2 aliphatic heterocycles. The highest BCUT2D eigenvalue weighted by Gasteiger charge is 2.34. The molecule has 0 aliphatic carbocycles. The van der Waals surface area contributed by atoms with E-state index in [1.165, 1.54) is 16.9 Å². The number of hydrogen-bond acceptors (Lipinski definition) is 5. The lowest BCUT2D eigenvalue weighted by Gasteiger charge is -2.26. The molecule has 0 radical (unpaired) electrons. The van der Waals surface area contributed by atoms with E-state index in [-0.39, 0.29) is 18.1 Å². The molecular formula is C22H30N4O2. The maximum absolute atomic E-state index is 12.9. The molecule has 150 valence electrons. The van der Waals surface area contributed by atoms with Gasteiger partial charge >= 0.3 is 5.97 Å². The summed E-state index contributed by atoms with van der Waals surface area (Å²) in [5.74, 6) is -0.138. The fourth-order valence-corrected chi connectivity index (χ4v) is 4.32. The fourth-order valence-electron chi connectivity index (χ4n) is 4.32. The predicted octanol–water partition coefficient (Wildman–Crippen LogP) is 2.26. The zero-order chi connectivity index (χ0) is 19.5. The van der Waals surface area contributed by atoms with Crippen LogP contribution in [0.4, 0.5) is 0 Å². The molecular weight excluding hydrogens is 352 g/mol. The van der Waals surface area contributed by atoms with Crippen molar-refractivity contribution in [1.82, 2.24) is 14.5 Å². The van der Waals surface area contributed by atoms with Gasteiger partial charge in [-0.1, -0.05) is 31.5 Å². The summed E-state index contributed by atoms with van der Waals surface area (Å²) < 4.78 is 7.77. The van der Waals surface area contributed by atoms with Crippen LogP contribution in [0.15, 0.2) is 30.6 Å². The van der Waals surface area contributed by atoms with E-state index in [2.05, 4.69) is 40.7 Å². The molecule has 4 rings (SSSR count). The van der Waals surface area contributed by atoms with E-state index in [9.17, 15) is 4.79 Å². The van der Waals surface area contributed by atoms with Gasteiger partial charge in [-0.15, -0.1) is 0 Å². The molecule has 2 aromatic rings. The SMILES string of the molecule is CCCCOC(=O)[C@H](Cc1ncn2c1CCc1ccccc1-2)N1CC[C@H](N)C1. The number of likely N-dealkylation sites (tertiary alicyclic amines) is 1. The summed E-state index contributed by atoms with van der Waals surface area (Å²) in [6, 6.07) is 8.29. The summed E-state index contributed by atoms with van der Waals surface area (Å²) >= 11 is 0. The van der Waals surface area contributed by atoms with Crippen LogP contribution < -0.4 is 5.73 Å². The van der Waals surface area contributed by atoms with Gasteiger partial charge in [0.15, 0.2) is 0 Å². The lowest BCUT2D eigenvalue weighted by Crippen LogP contribution is -2.44. The Morgan fingerprint density at radius 3 is 3.00 bits per heavy atom. The molecule has 28 heavy (non-hydrogen) atoms. The molecule has 0 saturated carbocycles. The zero-order valence-electron chi connectivity index (χ0n) is 16.6. The normalized spacial score (nSPS) is 19.9. The van der Waals surface area contributed by atoms with Crippen LogP contribution in [0.25, 0.3) is 5.69 Å². The molecule has 1 aromatic carbocycles. The average Bonchev–Trinajstić information content (AvgIpc) is 3.32. The molecule has 0 bridgehead atoms. The van der Waals surface area contributed by atoms with Crippen LogP contribution in [0.1, 0.15) is 43.1 Å². The van der Waals surface area contributed by atoms with Crippen molar-refractivity contribution in [2.24, 2.45) is 5.73 Å². The van der Waals surface area contributed by atoms with E-state index in [1.54, 1.807) is 0 Å². The van der Waals surface area contributed by atoms with E-state index in [0.29, 0.717) is 13.0 Å². The highest BCUT2D eigenvalue weighted by Crippen LogP contribution is 2.27. The lowest BCUT2D eigenvalue weighted by molar-refractivity contribution is -0.149. The number of aromatic nitrogens is 2. The number of benzene rings is 1. The number of unbranched alkanes of at least 4 members (excludes halogenated alkanes) is 1. The summed E-state index contributed by atoms with van der Waals surface area (Å²) in [5, 5.41) is 0. The quantitative estimate of drug-likeness (QED) is 0.587. The van der Waals surface area contributed by atoms with Crippen molar-refractivity contribution in [2.45, 2.75) is 57.5 Å². The Morgan fingerprint density at radius 1 is 1.36 bits per heavy atom. The minimum Gasteiger partial charge on any atom is -0.465 e. The summed E-state index contributed by atoms with van der Waals surface area (Å²) in [6.45, 7) is 4.17. The standard InChI is InChI=1S/C22H30N4O2/c1-2-3-12-28-22(27)21(25-11-10-17(23)14-25)13-18-20-9-8-16-6-4-5-7-19(16)26(20)15-24-18/h4-7,15,17,21H,2-3,8-14,23H2,1H3/t17-,21-/m0/s1. The molecule has 6 nitrogen and oxygen atoms in total. The van der Waals surface area contributed by atoms with Crippen molar-refractivity contribution < 1.29 is 9.53 Å². The molecule has 1 saturated heterocycles. The molecule has 1 aromatic heterocycles. The minimum absolute atomic E-state index is 0.133. The van der Waals surface area contributed by atoms with Gasteiger partial charge in [0, 0.05) is 36.9 Å². The van der Waals surface area contributed by atoms with Gasteiger partial charge in [0.2, 0.25) is 0 Å². The maximum Gasteiger partial charge on any atom is 0.323 e. The summed E-state index contributed by atoms with van der Waals surface area (Å²) in [5.41, 5.74) is 10.9. The van der Waals surface area contributed by atoms with E-state index in [4.69, 9.17) is 15.5 Å². The number of fused-ring (bicyclic) bond motifs is 3. The molecule has 2 aliphatic rings. The van der Waals surface area contributed by atoms with Gasteiger partial charge in [-0.2, -0.15) is 0 Å². The number of hydrogen-bond donors (Lipinski definition) is 1. The zero-order valence-corrected chi connectivity index (χ0v) is 16.6. The van der Waals surface area contributed by atoms with Crippen LogP contribution in [0, 0.1) is 0 Å². The van der Waals surface area contributed by atoms with Crippen LogP contribution in [0.3, 0.4) is 0 Å². The van der Waals surface area contributed by atoms with Crippen LogP contribution in [-0.2, 0) is 28.8 Å². The number of esters is 1. The fraction of sp³-hybridized carbons (Fsp3) is 0.545. The summed E-state index contributed by atoms with van der Waals surface area (Å²) in [7, 11) is 0. The second-order valence-corrected chi connectivity index (χ2v) is 7.92. The van der Waals surface area contributed by atoms with Gasteiger partial charge < -0.3 is 15.0 Å². The van der Waals surface area contributed by atoms with Crippen LogP contribution >= 0.6 is 0 Å². The molecule has 2 N–H and O–H groups in total. The largest absolute Gasteiger partial charge is 0.465 e. The Bertz CT molecular complexity index is 832. The van der Waals surface area contributed by atoms with Crippen LogP contribution in [0.2, 0.25) is 0 Å². The Balaban J connectivity index is 1.56. The first-order valence-electron chi connectivity index (χ1n) is 10.5. The number of ether oxygens (including phenoxy) is 1. The van der Waals surface area contributed by atoms with E-state index < -0.39 is 0 Å². The van der Waals surface area contributed by atoms with Gasteiger partial charge in [-0.05, 0) is 37.3 Å². The minimum atomic E-state index is -0.304. The number of imidazole rings is 1. The summed E-state index contributed by atoms with van der Waals surface area (Å²) in [4.78, 5) is 19.8. The monoisotopic (exact) mass is 382 g/mol. The van der Waals surface area contributed by atoms with E-state index >= 15 is 0 Å². The number of aryl methyl sites for hydroxylation is 1. The van der Waals surface area contributed by atoms with Crippen LogP contribution in [-0.4, -0.2) is 52.2 Å². The van der Waals surface area contributed by atoms with E-state index in [0.717, 1.165) is 50.9 Å². The Hall–Kier alpha value is -2.18. The van der Waals surface area contributed by atoms with Crippen molar-refractivity contribution in [1.29, 1.82) is 0 Å². The first-order valence-corrected chi connectivity index (χ1v) is 10.5. The molecule has 1 fully saturated rings. The highest BCUT2D eigenvalue weighted by molar-refractivity contribution is 5.76. The first-order chi connectivity index (χ1) is 13.7. The number of para-hydroxylation sites is 1. The number of carbonyl (C=O) groups excluding carboxylic acids is 1. The van der Waals surface area contributed by atoms with Crippen molar-refractivity contribution in [3.05, 3.63) is 47.5 Å². The molecule has 0 amide bonds. The Morgan fingerprint density at radius 2 is 2.21 bits per heavy atom. The van der Waals surface area contributed by atoms with Gasteiger partial charge in [0.25, 0.3) is 0 Å². The Kier molecular flexibility index (Phi) is 5.78. The van der Waals surface area contributed by atoms with Crippen molar-refractivity contribution in [3.8, 4) is 5.69 Å². The van der Waals surface area contributed by atoms with Gasteiger partial charge in [0.1, 0.15) is 6.04 Å². The highest BCUT2D eigenvalue weighted by atomic mass is 16.5.